The molecule has 0 aliphatic carbocycles. The van der Waals surface area contributed by atoms with Crippen molar-refractivity contribution in [2.45, 2.75) is 31.9 Å². The topological polar surface area (TPSA) is 59.1 Å². The van der Waals surface area contributed by atoms with Gasteiger partial charge in [0.1, 0.15) is 5.60 Å². The number of hydrogen-bond acceptors (Lipinski definition) is 5. The number of carbonyl (C=O) groups is 2. The van der Waals surface area contributed by atoms with Crippen molar-refractivity contribution in [3.63, 3.8) is 0 Å². The van der Waals surface area contributed by atoms with E-state index in [9.17, 15) is 9.59 Å². The molecule has 1 aromatic rings. The van der Waals surface area contributed by atoms with E-state index in [4.69, 9.17) is 9.47 Å². The number of benzene rings is 1. The Kier molecular flexibility index (Phi) is 5.02. The maximum absolute atomic E-state index is 13.2. The zero-order valence-corrected chi connectivity index (χ0v) is 15.8. The fourth-order valence-corrected chi connectivity index (χ4v) is 4.29. The van der Waals surface area contributed by atoms with E-state index in [1.807, 2.05) is 18.2 Å². The first-order valence-electron chi connectivity index (χ1n) is 9.67. The summed E-state index contributed by atoms with van der Waals surface area (Å²) in [7, 11) is 0. The van der Waals surface area contributed by atoms with Gasteiger partial charge < -0.3 is 14.4 Å². The van der Waals surface area contributed by atoms with E-state index in [0.29, 0.717) is 50.3 Å². The lowest BCUT2D eigenvalue weighted by atomic mass is 9.82. The molecule has 3 aliphatic heterocycles. The Morgan fingerprint density at radius 3 is 2.41 bits per heavy atom. The van der Waals surface area contributed by atoms with E-state index in [2.05, 4.69) is 17.0 Å². The number of hydrogen-bond donors (Lipinski definition) is 0. The minimum Gasteiger partial charge on any atom is -0.450 e. The van der Waals surface area contributed by atoms with Gasteiger partial charge in [0.15, 0.2) is 0 Å². The zero-order valence-electron chi connectivity index (χ0n) is 15.8. The Hall–Kier alpha value is -2.18. The van der Waals surface area contributed by atoms with Crippen LogP contribution in [0.3, 0.4) is 0 Å². The monoisotopic (exact) mass is 370 g/mol. The fraction of sp³-hybridized carbons (Fsp3) is 0.524. The molecule has 0 radical (unpaired) electrons. The first-order valence-corrected chi connectivity index (χ1v) is 9.67. The van der Waals surface area contributed by atoms with Gasteiger partial charge in [-0.15, -0.1) is 0 Å². The van der Waals surface area contributed by atoms with Crippen LogP contribution in [-0.4, -0.2) is 66.7 Å². The first kappa shape index (κ1) is 18.2. The second kappa shape index (κ2) is 7.44. The van der Waals surface area contributed by atoms with E-state index >= 15 is 0 Å². The largest absolute Gasteiger partial charge is 0.450 e. The summed E-state index contributed by atoms with van der Waals surface area (Å²) >= 11 is 0. The number of esters is 1. The van der Waals surface area contributed by atoms with Crippen LogP contribution in [0.4, 0.5) is 0 Å². The fourth-order valence-electron chi connectivity index (χ4n) is 4.29. The number of rotatable bonds is 3. The van der Waals surface area contributed by atoms with E-state index in [1.165, 1.54) is 5.56 Å². The number of morpholine rings is 1. The number of likely N-dealkylation sites (tertiary alicyclic amines) is 1. The molecule has 2 fully saturated rings. The van der Waals surface area contributed by atoms with Gasteiger partial charge in [-0.1, -0.05) is 30.3 Å². The lowest BCUT2D eigenvalue weighted by molar-refractivity contribution is -0.152. The van der Waals surface area contributed by atoms with Crippen molar-refractivity contribution in [2.75, 3.05) is 39.4 Å². The Morgan fingerprint density at radius 2 is 1.74 bits per heavy atom. The van der Waals surface area contributed by atoms with Crippen LogP contribution in [0.2, 0.25) is 0 Å². The highest BCUT2D eigenvalue weighted by Crippen LogP contribution is 2.42. The summed E-state index contributed by atoms with van der Waals surface area (Å²) in [5.74, 6) is -0.402. The number of carbonyl (C=O) groups excluding carboxylic acids is 2. The quantitative estimate of drug-likeness (QED) is 0.759. The number of nitrogens with zero attached hydrogens (tertiary/aromatic N) is 2. The molecule has 3 aliphatic rings. The minimum absolute atomic E-state index is 0.0573. The molecule has 1 amide bonds. The van der Waals surface area contributed by atoms with E-state index in [0.717, 1.165) is 19.6 Å². The van der Waals surface area contributed by atoms with Gasteiger partial charge in [-0.25, -0.2) is 4.79 Å². The summed E-state index contributed by atoms with van der Waals surface area (Å²) in [5.41, 5.74) is 1.56. The average Bonchev–Trinajstić information content (AvgIpc) is 2.94. The predicted molar refractivity (Wildman–Crippen MR) is 99.9 cm³/mol. The molecule has 27 heavy (non-hydrogen) atoms. The molecule has 1 spiro atoms. The Balaban J connectivity index is 1.49. The second-order valence-electron chi connectivity index (χ2n) is 7.55. The standard InChI is InChI=1S/C21H26N2O4/c1-16-18(19(24)23-11-13-26-14-12-23)21(27-20(16)25)7-9-22(10-8-21)15-17-5-3-2-4-6-17/h2-6H,7-15H2,1H3. The Morgan fingerprint density at radius 1 is 1.07 bits per heavy atom. The molecule has 0 N–H and O–H groups in total. The lowest BCUT2D eigenvalue weighted by Gasteiger charge is -2.40. The third-order valence-electron chi connectivity index (χ3n) is 5.85. The van der Waals surface area contributed by atoms with Crippen molar-refractivity contribution >= 4 is 11.9 Å². The van der Waals surface area contributed by atoms with Crippen LogP contribution in [0.5, 0.6) is 0 Å². The van der Waals surface area contributed by atoms with Gasteiger partial charge in [0.25, 0.3) is 5.91 Å². The van der Waals surface area contributed by atoms with Crippen LogP contribution in [0.25, 0.3) is 0 Å². The molecule has 6 heteroatoms. The van der Waals surface area contributed by atoms with E-state index < -0.39 is 5.60 Å². The van der Waals surface area contributed by atoms with Crippen LogP contribution < -0.4 is 0 Å². The predicted octanol–water partition coefficient (Wildman–Crippen LogP) is 1.75. The number of ether oxygens (including phenoxy) is 2. The molecule has 0 bridgehead atoms. The van der Waals surface area contributed by atoms with Crippen molar-refractivity contribution in [1.29, 1.82) is 0 Å². The maximum Gasteiger partial charge on any atom is 0.335 e. The second-order valence-corrected chi connectivity index (χ2v) is 7.55. The number of amides is 1. The first-order chi connectivity index (χ1) is 13.1. The van der Waals surface area contributed by atoms with Crippen molar-refractivity contribution in [3.8, 4) is 0 Å². The van der Waals surface area contributed by atoms with Crippen LogP contribution in [0.1, 0.15) is 25.3 Å². The van der Waals surface area contributed by atoms with E-state index in [1.54, 1.807) is 11.8 Å². The third kappa shape index (κ3) is 3.51. The molecule has 0 aromatic heterocycles. The summed E-state index contributed by atoms with van der Waals surface area (Å²) < 4.78 is 11.2. The minimum atomic E-state index is -0.760. The molecular formula is C21H26N2O4. The SMILES string of the molecule is CC1=C(C(=O)N2CCOCC2)C2(CCN(Cc3ccccc3)CC2)OC1=O. The third-order valence-corrected chi connectivity index (χ3v) is 5.85. The molecule has 0 saturated carbocycles. The van der Waals surface area contributed by atoms with Gasteiger partial charge >= 0.3 is 5.97 Å². The zero-order chi connectivity index (χ0) is 18.9. The van der Waals surface area contributed by atoms with Gasteiger partial charge in [0.05, 0.1) is 18.8 Å². The molecule has 0 unspecified atom stereocenters. The normalized spacial score (nSPS) is 23.0. The molecule has 144 valence electrons. The number of piperidine rings is 1. The Bertz CT molecular complexity index is 745. The van der Waals surface area contributed by atoms with Gasteiger partial charge in [-0.3, -0.25) is 9.69 Å². The smallest absolute Gasteiger partial charge is 0.335 e. The maximum atomic E-state index is 13.2. The molecule has 3 heterocycles. The Labute approximate surface area is 159 Å². The summed E-state index contributed by atoms with van der Waals surface area (Å²) in [5, 5.41) is 0. The molecule has 2 saturated heterocycles. The molecule has 4 rings (SSSR count). The van der Waals surface area contributed by atoms with Gasteiger partial charge in [0.2, 0.25) is 0 Å². The highest BCUT2D eigenvalue weighted by molar-refractivity contribution is 6.07. The van der Waals surface area contributed by atoms with E-state index in [-0.39, 0.29) is 11.9 Å². The molecule has 1 aromatic carbocycles. The molecular weight excluding hydrogens is 344 g/mol. The molecule has 6 nitrogen and oxygen atoms in total. The van der Waals surface area contributed by atoms with Crippen molar-refractivity contribution in [3.05, 3.63) is 47.0 Å². The summed E-state index contributed by atoms with van der Waals surface area (Å²) in [6.45, 7) is 6.43. The van der Waals surface area contributed by atoms with Crippen molar-refractivity contribution in [1.82, 2.24) is 9.80 Å². The van der Waals surface area contributed by atoms with Crippen LogP contribution >= 0.6 is 0 Å². The molecule has 0 atom stereocenters. The highest BCUT2D eigenvalue weighted by Gasteiger charge is 2.51. The summed E-state index contributed by atoms with van der Waals surface area (Å²) in [4.78, 5) is 29.7. The van der Waals surface area contributed by atoms with Crippen LogP contribution in [-0.2, 0) is 25.6 Å². The summed E-state index contributed by atoms with van der Waals surface area (Å²) in [6, 6.07) is 10.4. The lowest BCUT2D eigenvalue weighted by Crippen LogP contribution is -2.50. The van der Waals surface area contributed by atoms with Crippen LogP contribution in [0.15, 0.2) is 41.5 Å². The van der Waals surface area contributed by atoms with Crippen molar-refractivity contribution in [2.24, 2.45) is 0 Å². The van der Waals surface area contributed by atoms with Crippen LogP contribution in [0, 0.1) is 0 Å². The van der Waals surface area contributed by atoms with Crippen molar-refractivity contribution < 1.29 is 19.1 Å². The average molecular weight is 370 g/mol. The van der Waals surface area contributed by atoms with Gasteiger partial charge in [-0.05, 0) is 12.5 Å². The summed E-state index contributed by atoms with van der Waals surface area (Å²) in [6.07, 6.45) is 1.32. The van der Waals surface area contributed by atoms with Gasteiger partial charge in [-0.2, -0.15) is 0 Å². The van der Waals surface area contributed by atoms with Gasteiger partial charge in [0, 0.05) is 51.1 Å². The highest BCUT2D eigenvalue weighted by atomic mass is 16.6.